The van der Waals surface area contributed by atoms with Gasteiger partial charge in [-0.05, 0) is 40.5 Å². The molecule has 1 N–H and O–H groups in total. The average molecular weight is 264 g/mol. The van der Waals surface area contributed by atoms with Crippen molar-refractivity contribution in [2.45, 2.75) is 11.8 Å². The summed E-state index contributed by atoms with van der Waals surface area (Å²) in [6.45, 7) is 2.11. The van der Waals surface area contributed by atoms with Crippen LogP contribution in [0.4, 0.5) is 10.5 Å². The average Bonchev–Trinajstić information content (AvgIpc) is 2.21. The molecular weight excluding hydrogens is 254 g/mol. The molecule has 0 fully saturated rings. The van der Waals surface area contributed by atoms with Gasteiger partial charge in [0.25, 0.3) is 0 Å². The van der Waals surface area contributed by atoms with Gasteiger partial charge in [0.2, 0.25) is 0 Å². The zero-order chi connectivity index (χ0) is 11.1. The minimum atomic E-state index is -0.454. The third kappa shape index (κ3) is 4.24. The summed E-state index contributed by atoms with van der Waals surface area (Å²) < 4.78 is 4.78. The molecule has 0 aliphatic rings. The number of carbonyl (C=O) groups is 1. The van der Waals surface area contributed by atoms with E-state index in [2.05, 4.69) is 5.32 Å². The first-order valence-corrected chi connectivity index (χ1v) is 7.23. The Balaban J connectivity index is 2.70. The molecule has 1 aromatic carbocycles. The highest BCUT2D eigenvalue weighted by molar-refractivity contribution is 8.85. The maximum Gasteiger partial charge on any atom is 0.411 e. The van der Waals surface area contributed by atoms with Gasteiger partial charge in [-0.1, -0.05) is 12.1 Å². The molecule has 1 aromatic rings. The molecule has 0 saturated heterocycles. The van der Waals surface area contributed by atoms with E-state index < -0.39 is 6.09 Å². The molecular formula is C9H10ClNO2S2. The van der Waals surface area contributed by atoms with Crippen LogP contribution in [0, 0.1) is 0 Å². The van der Waals surface area contributed by atoms with E-state index in [4.69, 9.17) is 15.4 Å². The number of hydrogen-bond donors (Lipinski definition) is 1. The lowest BCUT2D eigenvalue weighted by Gasteiger charge is -2.08. The second-order valence-corrected chi connectivity index (χ2v) is 5.23. The van der Waals surface area contributed by atoms with E-state index >= 15 is 0 Å². The van der Waals surface area contributed by atoms with Crippen molar-refractivity contribution in [2.24, 2.45) is 0 Å². The van der Waals surface area contributed by atoms with E-state index in [1.807, 2.05) is 18.2 Å². The number of amides is 1. The summed E-state index contributed by atoms with van der Waals surface area (Å²) >= 11 is 0. The van der Waals surface area contributed by atoms with Gasteiger partial charge >= 0.3 is 6.09 Å². The Kier molecular flexibility index (Phi) is 5.75. The predicted molar refractivity (Wildman–Crippen MR) is 66.4 cm³/mol. The van der Waals surface area contributed by atoms with Crippen molar-refractivity contribution in [1.82, 2.24) is 0 Å². The van der Waals surface area contributed by atoms with Crippen LogP contribution in [0.1, 0.15) is 6.92 Å². The van der Waals surface area contributed by atoms with Crippen molar-refractivity contribution >= 4 is 43.3 Å². The Bertz CT molecular complexity index is 336. The molecule has 0 bridgehead atoms. The zero-order valence-corrected chi connectivity index (χ0v) is 10.4. The van der Waals surface area contributed by atoms with Crippen molar-refractivity contribution in [3.05, 3.63) is 24.3 Å². The van der Waals surface area contributed by atoms with Crippen LogP contribution in [0.3, 0.4) is 0 Å². The van der Waals surface area contributed by atoms with Crippen molar-refractivity contribution in [3.63, 3.8) is 0 Å². The fourth-order valence-corrected chi connectivity index (χ4v) is 2.61. The Morgan fingerprint density at radius 2 is 2.27 bits per heavy atom. The molecule has 6 heteroatoms. The molecule has 15 heavy (non-hydrogen) atoms. The number of rotatable bonds is 4. The van der Waals surface area contributed by atoms with Gasteiger partial charge in [0.15, 0.2) is 0 Å². The van der Waals surface area contributed by atoms with Crippen LogP contribution in [0.15, 0.2) is 29.2 Å². The number of carbonyl (C=O) groups excluding carboxylic acids is 1. The number of nitrogens with one attached hydrogen (secondary N) is 1. The number of benzene rings is 1. The molecule has 0 saturated carbocycles. The van der Waals surface area contributed by atoms with E-state index in [0.717, 1.165) is 14.9 Å². The maximum atomic E-state index is 11.2. The minimum absolute atomic E-state index is 0.353. The number of anilines is 1. The monoisotopic (exact) mass is 263 g/mol. The molecule has 1 amide bonds. The van der Waals surface area contributed by atoms with Crippen LogP contribution < -0.4 is 5.32 Å². The largest absolute Gasteiger partial charge is 0.450 e. The molecule has 0 aliphatic heterocycles. The molecule has 0 aromatic heterocycles. The van der Waals surface area contributed by atoms with Crippen LogP contribution >= 0.6 is 31.5 Å². The molecule has 0 atom stereocenters. The predicted octanol–water partition coefficient (Wildman–Crippen LogP) is 4.15. The maximum absolute atomic E-state index is 11.2. The Morgan fingerprint density at radius 1 is 1.53 bits per heavy atom. The molecule has 0 radical (unpaired) electrons. The molecule has 1 rings (SSSR count). The van der Waals surface area contributed by atoms with Crippen molar-refractivity contribution in [3.8, 4) is 0 Å². The summed E-state index contributed by atoms with van der Waals surface area (Å²) in [4.78, 5) is 12.1. The van der Waals surface area contributed by atoms with E-state index in [9.17, 15) is 4.79 Å². The number of para-hydroxylation sites is 1. The summed E-state index contributed by atoms with van der Waals surface area (Å²) in [7, 11) is 8.02. The number of halogens is 1. The van der Waals surface area contributed by atoms with Gasteiger partial charge in [-0.25, -0.2) is 4.79 Å². The van der Waals surface area contributed by atoms with E-state index in [1.54, 1.807) is 13.0 Å². The normalized spacial score (nSPS) is 9.73. The Morgan fingerprint density at radius 3 is 2.93 bits per heavy atom. The lowest BCUT2D eigenvalue weighted by Crippen LogP contribution is -2.13. The highest BCUT2D eigenvalue weighted by Gasteiger charge is 2.06. The molecule has 0 aliphatic carbocycles. The standard InChI is InChI=1S/C9H10ClNO2S2/c1-2-13-9(12)11-7-5-3-4-6-8(7)14-15-10/h3-6H,2H2,1H3,(H,11,12). The van der Waals surface area contributed by atoms with Crippen LogP contribution in [0.2, 0.25) is 0 Å². The van der Waals surface area contributed by atoms with Gasteiger partial charge in [0.1, 0.15) is 0 Å². The van der Waals surface area contributed by atoms with E-state index in [0.29, 0.717) is 12.3 Å². The van der Waals surface area contributed by atoms with Gasteiger partial charge < -0.3 is 4.74 Å². The fraction of sp³-hybridized carbons (Fsp3) is 0.222. The van der Waals surface area contributed by atoms with Crippen LogP contribution in [-0.2, 0) is 4.74 Å². The quantitative estimate of drug-likeness (QED) is 0.829. The van der Waals surface area contributed by atoms with Crippen LogP contribution in [-0.4, -0.2) is 12.7 Å². The van der Waals surface area contributed by atoms with Gasteiger partial charge in [-0.15, -0.1) is 0 Å². The Hall–Kier alpha value is -0.520. The molecule has 3 nitrogen and oxygen atoms in total. The van der Waals surface area contributed by atoms with Crippen molar-refractivity contribution < 1.29 is 9.53 Å². The van der Waals surface area contributed by atoms with Gasteiger partial charge in [-0.2, -0.15) is 0 Å². The first-order chi connectivity index (χ1) is 7.27. The third-order valence-electron chi connectivity index (χ3n) is 1.52. The van der Waals surface area contributed by atoms with Gasteiger partial charge in [0, 0.05) is 14.9 Å². The Labute approximate surface area is 101 Å². The van der Waals surface area contributed by atoms with Crippen molar-refractivity contribution in [2.75, 3.05) is 11.9 Å². The summed E-state index contributed by atoms with van der Waals surface area (Å²) in [6.07, 6.45) is -0.454. The third-order valence-corrected chi connectivity index (χ3v) is 3.41. The highest BCUT2D eigenvalue weighted by atomic mass is 35.7. The van der Waals surface area contributed by atoms with Gasteiger partial charge in [0.05, 0.1) is 12.3 Å². The van der Waals surface area contributed by atoms with Gasteiger partial charge in [-0.3, -0.25) is 5.32 Å². The summed E-state index contributed by atoms with van der Waals surface area (Å²) in [5.74, 6) is 0. The van der Waals surface area contributed by atoms with Crippen LogP contribution in [0.25, 0.3) is 0 Å². The molecule has 0 spiro atoms. The first-order valence-electron chi connectivity index (χ1n) is 4.26. The summed E-state index contributed by atoms with van der Waals surface area (Å²) in [5.41, 5.74) is 0.703. The second kappa shape index (κ2) is 6.87. The van der Waals surface area contributed by atoms with Crippen molar-refractivity contribution in [1.29, 1.82) is 0 Å². The van der Waals surface area contributed by atoms with E-state index in [1.165, 1.54) is 10.8 Å². The lowest BCUT2D eigenvalue weighted by molar-refractivity contribution is 0.168. The summed E-state index contributed by atoms with van der Waals surface area (Å²) in [6, 6.07) is 7.39. The highest BCUT2D eigenvalue weighted by Crippen LogP contribution is 2.38. The topological polar surface area (TPSA) is 38.3 Å². The number of hydrogen-bond acceptors (Lipinski definition) is 4. The summed E-state index contributed by atoms with van der Waals surface area (Å²) in [5, 5.41) is 2.64. The molecule has 0 unspecified atom stereocenters. The van der Waals surface area contributed by atoms with Crippen LogP contribution in [0.5, 0.6) is 0 Å². The number of ether oxygens (including phenoxy) is 1. The first kappa shape index (κ1) is 12.5. The lowest BCUT2D eigenvalue weighted by atomic mass is 10.3. The van der Waals surface area contributed by atoms with E-state index in [-0.39, 0.29) is 0 Å². The fourth-order valence-electron chi connectivity index (χ4n) is 0.954. The molecule has 82 valence electrons. The minimum Gasteiger partial charge on any atom is -0.450 e. The zero-order valence-electron chi connectivity index (χ0n) is 8.03. The SMILES string of the molecule is CCOC(=O)Nc1ccccc1SSCl. The second-order valence-electron chi connectivity index (χ2n) is 2.49. The molecule has 0 heterocycles. The smallest absolute Gasteiger partial charge is 0.411 e.